The number of hydrogen-bond donors (Lipinski definition) is 1. The van der Waals surface area contributed by atoms with Crippen LogP contribution in [-0.4, -0.2) is 5.97 Å². The van der Waals surface area contributed by atoms with Crippen molar-refractivity contribution in [3.8, 4) is 0 Å². The maximum absolute atomic E-state index is 12.6. The molecular weight excluding hydrogens is 406 g/mol. The van der Waals surface area contributed by atoms with Crippen LogP contribution in [0.2, 0.25) is 0 Å². The first-order valence-electron chi connectivity index (χ1n) is 11.8. The molecule has 0 heterocycles. The molecule has 0 spiro atoms. The van der Waals surface area contributed by atoms with E-state index >= 15 is 0 Å². The van der Waals surface area contributed by atoms with Gasteiger partial charge in [0.2, 0.25) is 0 Å². The van der Waals surface area contributed by atoms with E-state index in [9.17, 15) is 4.79 Å². The topological polar surface area (TPSA) is 61.3 Å². The van der Waals surface area contributed by atoms with E-state index in [1.54, 1.807) is 0 Å². The Hall–Kier alpha value is -1.32. The van der Waals surface area contributed by atoms with Gasteiger partial charge in [0, 0.05) is 5.57 Å². The van der Waals surface area contributed by atoms with E-state index in [0.29, 0.717) is 5.57 Å². The average molecular weight is 454 g/mol. The third-order valence-corrected chi connectivity index (χ3v) is 5.21. The van der Waals surface area contributed by atoms with Crippen molar-refractivity contribution < 1.29 is 9.53 Å². The minimum atomic E-state index is -0.194. The number of allylic oxidation sites excluding steroid dienone is 1. The van der Waals surface area contributed by atoms with Crippen molar-refractivity contribution >= 4 is 18.4 Å². The van der Waals surface area contributed by atoms with E-state index in [4.69, 9.17) is 4.74 Å². The Morgan fingerprint density at radius 1 is 0.903 bits per heavy atom. The third kappa shape index (κ3) is 16.0. The van der Waals surface area contributed by atoms with Crippen LogP contribution in [0.4, 0.5) is 0 Å². The molecule has 1 aromatic rings. The van der Waals surface area contributed by atoms with Gasteiger partial charge in [0.25, 0.3) is 0 Å². The Bertz CT molecular complexity index is 593. The average Bonchev–Trinajstić information content (AvgIpc) is 2.67. The first-order valence-corrected chi connectivity index (χ1v) is 11.8. The molecule has 0 fully saturated rings. The molecule has 3 nitrogen and oxygen atoms in total. The van der Waals surface area contributed by atoms with Gasteiger partial charge in [-0.1, -0.05) is 122 Å². The van der Waals surface area contributed by atoms with Gasteiger partial charge >= 0.3 is 5.97 Å². The van der Waals surface area contributed by atoms with E-state index in [1.165, 1.54) is 57.8 Å². The molecule has 4 heteroatoms. The molecule has 0 aromatic heterocycles. The molecule has 1 atom stereocenters. The molecule has 31 heavy (non-hydrogen) atoms. The number of halogens is 1. The Labute approximate surface area is 198 Å². The second kappa shape index (κ2) is 18.3. The lowest BCUT2D eigenvalue weighted by atomic mass is 9.94. The Morgan fingerprint density at radius 2 is 1.39 bits per heavy atom. The van der Waals surface area contributed by atoms with E-state index in [1.807, 2.05) is 31.2 Å². The summed E-state index contributed by atoms with van der Waals surface area (Å²) in [5.41, 5.74) is 1.77. The molecule has 0 saturated carbocycles. The van der Waals surface area contributed by atoms with Crippen LogP contribution in [0, 0.1) is 5.41 Å². The fraction of sp³-hybridized carbons (Fsp3) is 0.667. The number of esters is 1. The van der Waals surface area contributed by atoms with Crippen molar-refractivity contribution in [1.29, 1.82) is 0 Å². The van der Waals surface area contributed by atoms with Gasteiger partial charge in [-0.3, -0.25) is 0 Å². The van der Waals surface area contributed by atoms with Crippen molar-refractivity contribution in [2.75, 3.05) is 0 Å². The van der Waals surface area contributed by atoms with Gasteiger partial charge in [0.1, 0.15) is 6.10 Å². The first kappa shape index (κ1) is 31.9. The molecule has 1 aromatic carbocycles. The SMILES string of the molecule is CCCCCCCCCCCCC(OC(=O)C(C)=CC(C)(C)C)c1ccccc1.Cl.N. The molecule has 0 aliphatic heterocycles. The summed E-state index contributed by atoms with van der Waals surface area (Å²) in [4.78, 5) is 12.6. The maximum atomic E-state index is 12.6. The summed E-state index contributed by atoms with van der Waals surface area (Å²) < 4.78 is 5.92. The number of carbonyl (C=O) groups is 1. The molecular formula is C27H48ClNO2. The minimum absolute atomic E-state index is 0. The Balaban J connectivity index is 0. The molecule has 0 saturated heterocycles. The van der Waals surface area contributed by atoms with Crippen LogP contribution in [0.25, 0.3) is 0 Å². The van der Waals surface area contributed by atoms with Crippen molar-refractivity contribution in [3.63, 3.8) is 0 Å². The van der Waals surface area contributed by atoms with Gasteiger partial charge in [0.05, 0.1) is 0 Å². The lowest BCUT2D eigenvalue weighted by Gasteiger charge is -2.20. The van der Waals surface area contributed by atoms with Crippen LogP contribution in [0.1, 0.15) is 117 Å². The second-order valence-corrected chi connectivity index (χ2v) is 9.47. The summed E-state index contributed by atoms with van der Waals surface area (Å²) in [7, 11) is 0. The van der Waals surface area contributed by atoms with Crippen molar-refractivity contribution in [2.45, 2.75) is 111 Å². The van der Waals surface area contributed by atoms with Crippen LogP contribution in [0.3, 0.4) is 0 Å². The standard InChI is InChI=1S/C27H44O2.ClH.H3N/c1-6-7-8-9-10-11-12-13-14-18-21-25(24-19-16-15-17-20-24)29-26(28)23(2)22-27(3,4)5;;/h15-17,19-20,22,25H,6-14,18,21H2,1-5H3;1H;1H3. The van der Waals surface area contributed by atoms with E-state index in [-0.39, 0.29) is 36.0 Å². The number of hydrogen-bond acceptors (Lipinski definition) is 3. The smallest absolute Gasteiger partial charge is 0.334 e. The number of unbranched alkanes of at least 4 members (excludes halogenated alkanes) is 9. The highest BCUT2D eigenvalue weighted by Crippen LogP contribution is 2.26. The number of ether oxygens (including phenoxy) is 1. The zero-order valence-electron chi connectivity index (χ0n) is 20.8. The lowest BCUT2D eigenvalue weighted by Crippen LogP contribution is -2.14. The van der Waals surface area contributed by atoms with Crippen molar-refractivity contribution in [1.82, 2.24) is 6.15 Å². The number of rotatable bonds is 14. The van der Waals surface area contributed by atoms with Gasteiger partial charge in [-0.15, -0.1) is 12.4 Å². The normalized spacial score (nSPS) is 12.5. The van der Waals surface area contributed by atoms with E-state index < -0.39 is 0 Å². The van der Waals surface area contributed by atoms with Crippen LogP contribution in [0.5, 0.6) is 0 Å². The highest BCUT2D eigenvalue weighted by molar-refractivity contribution is 5.88. The zero-order valence-corrected chi connectivity index (χ0v) is 21.6. The van der Waals surface area contributed by atoms with Crippen LogP contribution < -0.4 is 6.15 Å². The van der Waals surface area contributed by atoms with Crippen LogP contribution in [0.15, 0.2) is 42.0 Å². The van der Waals surface area contributed by atoms with E-state index in [0.717, 1.165) is 18.4 Å². The fourth-order valence-corrected chi connectivity index (χ4v) is 3.71. The lowest BCUT2D eigenvalue weighted by molar-refractivity contribution is -0.145. The third-order valence-electron chi connectivity index (χ3n) is 5.21. The summed E-state index contributed by atoms with van der Waals surface area (Å²) in [5, 5.41) is 0. The van der Waals surface area contributed by atoms with Gasteiger partial charge in [0.15, 0.2) is 0 Å². The molecule has 0 aliphatic carbocycles. The van der Waals surface area contributed by atoms with Gasteiger partial charge in [-0.25, -0.2) is 4.79 Å². The Morgan fingerprint density at radius 3 is 1.87 bits per heavy atom. The summed E-state index contributed by atoms with van der Waals surface area (Å²) >= 11 is 0. The second-order valence-electron chi connectivity index (χ2n) is 9.47. The minimum Gasteiger partial charge on any atom is -0.454 e. The van der Waals surface area contributed by atoms with Gasteiger partial charge < -0.3 is 10.9 Å². The highest BCUT2D eigenvalue weighted by atomic mass is 35.5. The predicted molar refractivity (Wildman–Crippen MR) is 137 cm³/mol. The maximum Gasteiger partial charge on any atom is 0.334 e. The van der Waals surface area contributed by atoms with Crippen LogP contribution >= 0.6 is 12.4 Å². The Kier molecular flexibility index (Phi) is 18.8. The first-order chi connectivity index (χ1) is 13.8. The van der Waals surface area contributed by atoms with Crippen LogP contribution in [-0.2, 0) is 9.53 Å². The summed E-state index contributed by atoms with van der Waals surface area (Å²) in [6.45, 7) is 10.4. The fourth-order valence-electron chi connectivity index (χ4n) is 3.71. The van der Waals surface area contributed by atoms with Gasteiger partial charge in [-0.05, 0) is 30.7 Å². The number of carbonyl (C=O) groups excluding carboxylic acids is 1. The highest BCUT2D eigenvalue weighted by Gasteiger charge is 2.19. The largest absolute Gasteiger partial charge is 0.454 e. The van der Waals surface area contributed by atoms with Crippen molar-refractivity contribution in [3.05, 3.63) is 47.5 Å². The molecule has 0 bridgehead atoms. The summed E-state index contributed by atoms with van der Waals surface area (Å²) in [5.74, 6) is -0.194. The molecule has 180 valence electrons. The molecule has 3 N–H and O–H groups in total. The molecule has 0 amide bonds. The van der Waals surface area contributed by atoms with Crippen molar-refractivity contribution in [2.24, 2.45) is 5.41 Å². The summed E-state index contributed by atoms with van der Waals surface area (Å²) in [6, 6.07) is 10.2. The zero-order chi connectivity index (χ0) is 21.5. The van der Waals surface area contributed by atoms with E-state index in [2.05, 4.69) is 39.8 Å². The monoisotopic (exact) mass is 453 g/mol. The van der Waals surface area contributed by atoms with Gasteiger partial charge in [-0.2, -0.15) is 0 Å². The molecule has 1 unspecified atom stereocenters. The number of benzene rings is 1. The molecule has 0 radical (unpaired) electrons. The predicted octanol–water partition coefficient (Wildman–Crippen LogP) is 9.16. The molecule has 0 aliphatic rings. The molecule has 1 rings (SSSR count). The quantitative estimate of drug-likeness (QED) is 0.173. The summed E-state index contributed by atoms with van der Waals surface area (Å²) in [6.07, 6.45) is 15.9.